The number of fused-ring (bicyclic) bond motifs is 1. The van der Waals surface area contributed by atoms with Crippen LogP contribution in [0.5, 0.6) is 5.75 Å². The Kier molecular flexibility index (Phi) is 5.84. The third-order valence-corrected chi connectivity index (χ3v) is 6.01. The van der Waals surface area contributed by atoms with E-state index in [2.05, 4.69) is 10.3 Å². The van der Waals surface area contributed by atoms with Crippen LogP contribution in [-0.2, 0) is 4.79 Å². The smallest absolute Gasteiger partial charge is 0.282 e. The van der Waals surface area contributed by atoms with E-state index in [-0.39, 0.29) is 22.9 Å². The van der Waals surface area contributed by atoms with E-state index < -0.39 is 5.91 Å². The number of nitrogens with one attached hydrogen (secondary N) is 2. The molecular formula is C27H21ClN4O3. The number of aryl methyl sites for hydroxylation is 1. The fraction of sp³-hybridized carbons (Fsp3) is 0.0741. The Hall–Kier alpha value is -4.36. The van der Waals surface area contributed by atoms with Crippen molar-refractivity contribution in [1.29, 1.82) is 0 Å². The van der Waals surface area contributed by atoms with Crippen molar-refractivity contribution in [2.75, 3.05) is 11.2 Å². The molecule has 0 fully saturated rings. The highest BCUT2D eigenvalue weighted by molar-refractivity contribution is 6.29. The minimum Gasteiger partial charge on any atom is -0.506 e. The number of carbonyl (C=O) groups is 1. The predicted molar refractivity (Wildman–Crippen MR) is 138 cm³/mol. The molecule has 0 aliphatic carbocycles. The second kappa shape index (κ2) is 9.12. The first kappa shape index (κ1) is 22.4. The van der Waals surface area contributed by atoms with Crippen LogP contribution in [0.4, 0.5) is 5.69 Å². The molecule has 1 amide bonds. The zero-order chi connectivity index (χ0) is 24.5. The first-order valence-electron chi connectivity index (χ1n) is 10.9. The molecule has 0 unspecified atom stereocenters. The van der Waals surface area contributed by atoms with Gasteiger partial charge in [-0.3, -0.25) is 9.59 Å². The van der Waals surface area contributed by atoms with Crippen LogP contribution >= 0.6 is 11.6 Å². The van der Waals surface area contributed by atoms with E-state index in [1.165, 1.54) is 10.6 Å². The Balaban J connectivity index is 1.76. The molecule has 2 aromatic heterocycles. The van der Waals surface area contributed by atoms with Crippen LogP contribution in [0.25, 0.3) is 39.2 Å². The number of phenols is 1. The van der Waals surface area contributed by atoms with Crippen LogP contribution < -0.4 is 10.9 Å². The lowest BCUT2D eigenvalue weighted by molar-refractivity contribution is -0.113. The molecule has 5 rings (SSSR count). The summed E-state index contributed by atoms with van der Waals surface area (Å²) in [6.07, 6.45) is 0. The van der Waals surface area contributed by atoms with Crippen molar-refractivity contribution in [3.05, 3.63) is 94.9 Å². The second-order valence-electron chi connectivity index (χ2n) is 8.06. The lowest BCUT2D eigenvalue weighted by Crippen LogP contribution is -2.19. The number of hydrogen-bond acceptors (Lipinski definition) is 4. The number of amides is 1. The average molecular weight is 485 g/mol. The summed E-state index contributed by atoms with van der Waals surface area (Å²) in [7, 11) is 0. The maximum absolute atomic E-state index is 13.8. The number of aromatic nitrogens is 3. The Morgan fingerprint density at radius 2 is 1.63 bits per heavy atom. The molecule has 0 aliphatic heterocycles. The van der Waals surface area contributed by atoms with Crippen molar-refractivity contribution in [2.45, 2.75) is 6.92 Å². The van der Waals surface area contributed by atoms with E-state index in [4.69, 9.17) is 16.7 Å². The first-order chi connectivity index (χ1) is 17.0. The molecule has 0 aliphatic rings. The molecule has 0 bridgehead atoms. The van der Waals surface area contributed by atoms with Crippen molar-refractivity contribution in [3.8, 4) is 39.3 Å². The van der Waals surface area contributed by atoms with Gasteiger partial charge in [-0.05, 0) is 30.2 Å². The van der Waals surface area contributed by atoms with Crippen molar-refractivity contribution in [1.82, 2.24) is 14.6 Å². The summed E-state index contributed by atoms with van der Waals surface area (Å²) in [4.78, 5) is 28.9. The SMILES string of the molecule is Cc1[nH]c2c(-c3ccccc3)c(-c3ccccc3)nn2c(=O)c1-c1ccc(O)c(NC(=O)CCl)c1. The average Bonchev–Trinajstić information content (AvgIpc) is 3.26. The van der Waals surface area contributed by atoms with E-state index in [0.717, 1.165) is 16.7 Å². The number of phenolic OH excluding ortho intramolecular Hbond substituents is 1. The van der Waals surface area contributed by atoms with E-state index in [1.54, 1.807) is 12.1 Å². The fourth-order valence-corrected chi connectivity index (χ4v) is 4.25. The summed E-state index contributed by atoms with van der Waals surface area (Å²) >= 11 is 5.58. The number of alkyl halides is 1. The fourth-order valence-electron chi connectivity index (χ4n) is 4.18. The van der Waals surface area contributed by atoms with E-state index in [9.17, 15) is 14.7 Å². The van der Waals surface area contributed by atoms with Crippen molar-refractivity contribution >= 4 is 28.8 Å². The topological polar surface area (TPSA) is 99.5 Å². The molecule has 3 N–H and O–H groups in total. The standard InChI is InChI=1S/C27H21ClN4O3/c1-16-23(19-12-13-21(33)20(14-19)30-22(34)15-28)27(35)32-26(29-16)24(17-8-4-2-5-9-17)25(31-32)18-10-6-3-7-11-18/h2-14,29,33H,15H2,1H3,(H,30,34). The normalized spacial score (nSPS) is 11.0. The number of benzene rings is 3. The Morgan fingerprint density at radius 3 is 2.29 bits per heavy atom. The van der Waals surface area contributed by atoms with Gasteiger partial charge in [-0.15, -0.1) is 11.6 Å². The van der Waals surface area contributed by atoms with Gasteiger partial charge < -0.3 is 15.4 Å². The highest BCUT2D eigenvalue weighted by atomic mass is 35.5. The first-order valence-corrected chi connectivity index (χ1v) is 11.5. The summed E-state index contributed by atoms with van der Waals surface area (Å²) in [5, 5.41) is 17.4. The molecule has 0 spiro atoms. The van der Waals surface area contributed by atoms with Crippen LogP contribution in [0, 0.1) is 6.92 Å². The van der Waals surface area contributed by atoms with Crippen LogP contribution in [0.3, 0.4) is 0 Å². The molecule has 0 saturated carbocycles. The van der Waals surface area contributed by atoms with E-state index >= 15 is 0 Å². The van der Waals surface area contributed by atoms with Crippen LogP contribution in [0.15, 0.2) is 83.7 Å². The Labute approximate surface area is 205 Å². The van der Waals surface area contributed by atoms with Crippen molar-refractivity contribution in [3.63, 3.8) is 0 Å². The van der Waals surface area contributed by atoms with Gasteiger partial charge in [-0.1, -0.05) is 66.7 Å². The minimum absolute atomic E-state index is 0.126. The molecule has 8 heteroatoms. The van der Waals surface area contributed by atoms with Gasteiger partial charge in [0.15, 0.2) is 0 Å². The quantitative estimate of drug-likeness (QED) is 0.235. The van der Waals surface area contributed by atoms with Gasteiger partial charge in [0.1, 0.15) is 23.0 Å². The molecule has 174 valence electrons. The van der Waals surface area contributed by atoms with Crippen LogP contribution in [-0.4, -0.2) is 31.5 Å². The number of aromatic hydroxyl groups is 1. The number of carbonyl (C=O) groups excluding carboxylic acids is 1. The number of anilines is 1. The maximum atomic E-state index is 13.8. The van der Waals surface area contributed by atoms with Crippen molar-refractivity contribution < 1.29 is 9.90 Å². The maximum Gasteiger partial charge on any atom is 0.282 e. The molecule has 0 saturated heterocycles. The molecule has 35 heavy (non-hydrogen) atoms. The number of H-pyrrole nitrogens is 1. The van der Waals surface area contributed by atoms with Gasteiger partial charge in [-0.25, -0.2) is 0 Å². The van der Waals surface area contributed by atoms with E-state index in [0.29, 0.717) is 28.2 Å². The van der Waals surface area contributed by atoms with Gasteiger partial charge in [0.25, 0.3) is 5.56 Å². The number of rotatable bonds is 5. The van der Waals surface area contributed by atoms with Crippen molar-refractivity contribution in [2.24, 2.45) is 0 Å². The molecule has 7 nitrogen and oxygen atoms in total. The molecule has 2 heterocycles. The highest BCUT2D eigenvalue weighted by Crippen LogP contribution is 2.35. The summed E-state index contributed by atoms with van der Waals surface area (Å²) in [6, 6.07) is 24.1. The van der Waals surface area contributed by atoms with E-state index in [1.807, 2.05) is 67.6 Å². The van der Waals surface area contributed by atoms with Gasteiger partial charge in [-0.2, -0.15) is 9.61 Å². The summed E-state index contributed by atoms with van der Waals surface area (Å²) in [5.74, 6) is -0.848. The third kappa shape index (κ3) is 4.06. The largest absolute Gasteiger partial charge is 0.506 e. The van der Waals surface area contributed by atoms with Crippen LogP contribution in [0.1, 0.15) is 5.69 Å². The monoisotopic (exact) mass is 484 g/mol. The third-order valence-electron chi connectivity index (χ3n) is 5.76. The number of hydrogen-bond donors (Lipinski definition) is 3. The zero-order valence-corrected chi connectivity index (χ0v) is 19.5. The summed E-state index contributed by atoms with van der Waals surface area (Å²) in [5.41, 5.74) is 5.27. The predicted octanol–water partition coefficient (Wildman–Crippen LogP) is 5.21. The molecular weight excluding hydrogens is 464 g/mol. The van der Waals surface area contributed by atoms with Gasteiger partial charge in [0, 0.05) is 11.3 Å². The van der Waals surface area contributed by atoms with Gasteiger partial charge in [0.2, 0.25) is 5.91 Å². The zero-order valence-electron chi connectivity index (χ0n) is 18.7. The highest BCUT2D eigenvalue weighted by Gasteiger charge is 2.22. The second-order valence-corrected chi connectivity index (χ2v) is 8.33. The molecule has 0 atom stereocenters. The Morgan fingerprint density at radius 1 is 0.971 bits per heavy atom. The minimum atomic E-state index is -0.465. The summed E-state index contributed by atoms with van der Waals surface area (Å²) in [6.45, 7) is 1.81. The Bertz CT molecular complexity index is 1610. The number of nitrogens with zero attached hydrogens (tertiary/aromatic N) is 2. The van der Waals surface area contributed by atoms with Gasteiger partial charge in [0.05, 0.1) is 16.8 Å². The lowest BCUT2D eigenvalue weighted by atomic mass is 10.0. The summed E-state index contributed by atoms with van der Waals surface area (Å²) < 4.78 is 1.37. The molecule has 5 aromatic rings. The molecule has 0 radical (unpaired) electrons. The molecule has 3 aromatic carbocycles. The lowest BCUT2D eigenvalue weighted by Gasteiger charge is -2.11. The van der Waals surface area contributed by atoms with Gasteiger partial charge >= 0.3 is 0 Å². The number of halogens is 1. The number of aromatic amines is 1. The van der Waals surface area contributed by atoms with Crippen LogP contribution in [0.2, 0.25) is 0 Å².